The maximum Gasteiger partial charge on any atom is 0.255 e. The summed E-state index contributed by atoms with van der Waals surface area (Å²) in [5.41, 5.74) is 4.23. The summed E-state index contributed by atoms with van der Waals surface area (Å²) in [6, 6.07) is 15.1. The van der Waals surface area contributed by atoms with E-state index in [2.05, 4.69) is 20.5 Å². The summed E-state index contributed by atoms with van der Waals surface area (Å²) in [6.07, 6.45) is 1.70. The van der Waals surface area contributed by atoms with Gasteiger partial charge in [-0.15, -0.1) is 21.5 Å². The lowest BCUT2D eigenvalue weighted by molar-refractivity contribution is 0.102. The van der Waals surface area contributed by atoms with Gasteiger partial charge in [0.2, 0.25) is 0 Å². The number of nitrogens with one attached hydrogen (secondary N) is 1. The van der Waals surface area contributed by atoms with Crippen molar-refractivity contribution in [2.24, 2.45) is 0 Å². The lowest BCUT2D eigenvalue weighted by Gasteiger charge is -2.08. The van der Waals surface area contributed by atoms with Gasteiger partial charge in [0.05, 0.1) is 0 Å². The Morgan fingerprint density at radius 2 is 1.96 bits per heavy atom. The molecule has 6 nitrogen and oxygen atoms in total. The molecule has 4 rings (SSSR count). The SMILES string of the molecule is CCn1cnnc1-c1cccc(NC(=O)c2ccc(-c3nc(C)cs3)cc2)c1. The van der Waals surface area contributed by atoms with E-state index in [4.69, 9.17) is 0 Å². The van der Waals surface area contributed by atoms with Gasteiger partial charge < -0.3 is 9.88 Å². The molecular formula is C21H19N5OS. The van der Waals surface area contributed by atoms with Crippen LogP contribution in [0.15, 0.2) is 60.2 Å². The van der Waals surface area contributed by atoms with Gasteiger partial charge in [-0.05, 0) is 38.1 Å². The van der Waals surface area contributed by atoms with Gasteiger partial charge in [-0.25, -0.2) is 4.98 Å². The van der Waals surface area contributed by atoms with Gasteiger partial charge in [0, 0.05) is 40.0 Å². The molecule has 7 heteroatoms. The van der Waals surface area contributed by atoms with E-state index in [1.54, 1.807) is 17.7 Å². The van der Waals surface area contributed by atoms with E-state index in [1.807, 2.05) is 72.3 Å². The third kappa shape index (κ3) is 3.70. The van der Waals surface area contributed by atoms with Crippen LogP contribution in [0.4, 0.5) is 5.69 Å². The number of hydrogen-bond donors (Lipinski definition) is 1. The fourth-order valence-corrected chi connectivity index (χ4v) is 3.70. The van der Waals surface area contributed by atoms with Crippen molar-refractivity contribution in [2.75, 3.05) is 5.32 Å². The highest BCUT2D eigenvalue weighted by atomic mass is 32.1. The standard InChI is InChI=1S/C21H19N5OS/c1-3-26-13-22-25-19(26)17-5-4-6-18(11-17)24-20(27)15-7-9-16(10-8-15)21-23-14(2)12-28-21/h4-13H,3H2,1-2H3,(H,24,27). The molecule has 1 amide bonds. The predicted molar refractivity (Wildman–Crippen MR) is 111 cm³/mol. The van der Waals surface area contributed by atoms with Gasteiger partial charge in [-0.1, -0.05) is 24.3 Å². The lowest BCUT2D eigenvalue weighted by Crippen LogP contribution is -2.11. The van der Waals surface area contributed by atoms with Crippen LogP contribution in [0.25, 0.3) is 22.0 Å². The molecule has 0 saturated carbocycles. The predicted octanol–water partition coefficient (Wildman–Crippen LogP) is 4.65. The highest BCUT2D eigenvalue weighted by Crippen LogP contribution is 2.24. The third-order valence-corrected chi connectivity index (χ3v) is 5.36. The van der Waals surface area contributed by atoms with E-state index in [-0.39, 0.29) is 5.91 Å². The molecule has 0 saturated heterocycles. The fraction of sp³-hybridized carbons (Fsp3) is 0.143. The Morgan fingerprint density at radius 3 is 2.68 bits per heavy atom. The summed E-state index contributed by atoms with van der Waals surface area (Å²) < 4.78 is 1.96. The first kappa shape index (κ1) is 18.1. The van der Waals surface area contributed by atoms with E-state index < -0.39 is 0 Å². The van der Waals surface area contributed by atoms with Gasteiger partial charge in [0.1, 0.15) is 11.3 Å². The van der Waals surface area contributed by atoms with Crippen molar-refractivity contribution in [1.29, 1.82) is 0 Å². The average molecular weight is 389 g/mol. The highest BCUT2D eigenvalue weighted by molar-refractivity contribution is 7.13. The molecule has 2 aromatic carbocycles. The van der Waals surface area contributed by atoms with Crippen LogP contribution in [-0.4, -0.2) is 25.7 Å². The molecule has 0 aliphatic heterocycles. The molecule has 1 N–H and O–H groups in total. The molecule has 0 radical (unpaired) electrons. The minimum absolute atomic E-state index is 0.157. The van der Waals surface area contributed by atoms with Crippen LogP contribution in [0.3, 0.4) is 0 Å². The molecule has 0 bridgehead atoms. The molecule has 140 valence electrons. The lowest BCUT2D eigenvalue weighted by atomic mass is 10.1. The molecule has 0 aliphatic rings. The average Bonchev–Trinajstić information content (AvgIpc) is 3.37. The summed E-state index contributed by atoms with van der Waals surface area (Å²) in [5.74, 6) is 0.623. The summed E-state index contributed by atoms with van der Waals surface area (Å²) >= 11 is 1.60. The summed E-state index contributed by atoms with van der Waals surface area (Å²) in [6.45, 7) is 4.79. The topological polar surface area (TPSA) is 72.7 Å². The van der Waals surface area contributed by atoms with Gasteiger partial charge >= 0.3 is 0 Å². The van der Waals surface area contributed by atoms with E-state index in [9.17, 15) is 4.79 Å². The summed E-state index contributed by atoms with van der Waals surface area (Å²) in [7, 11) is 0. The molecule has 0 unspecified atom stereocenters. The van der Waals surface area contributed by atoms with Gasteiger partial charge in [-0.3, -0.25) is 4.79 Å². The zero-order valence-electron chi connectivity index (χ0n) is 15.6. The number of aryl methyl sites for hydroxylation is 2. The molecule has 28 heavy (non-hydrogen) atoms. The Bertz CT molecular complexity index is 1110. The summed E-state index contributed by atoms with van der Waals surface area (Å²) in [4.78, 5) is 17.1. The maximum absolute atomic E-state index is 12.6. The van der Waals surface area contributed by atoms with Crippen LogP contribution in [0.5, 0.6) is 0 Å². The number of thiazole rings is 1. The number of rotatable bonds is 5. The van der Waals surface area contributed by atoms with Crippen molar-refractivity contribution in [3.05, 3.63) is 71.5 Å². The largest absolute Gasteiger partial charge is 0.322 e. The van der Waals surface area contributed by atoms with Crippen molar-refractivity contribution in [3.63, 3.8) is 0 Å². The van der Waals surface area contributed by atoms with Crippen LogP contribution in [0.2, 0.25) is 0 Å². The zero-order valence-corrected chi connectivity index (χ0v) is 16.4. The van der Waals surface area contributed by atoms with E-state index in [1.165, 1.54) is 0 Å². The molecular weight excluding hydrogens is 370 g/mol. The fourth-order valence-electron chi connectivity index (χ4n) is 2.90. The van der Waals surface area contributed by atoms with E-state index in [0.717, 1.165) is 34.2 Å². The van der Waals surface area contributed by atoms with Crippen LogP contribution < -0.4 is 5.32 Å². The van der Waals surface area contributed by atoms with E-state index in [0.29, 0.717) is 11.3 Å². The number of aromatic nitrogens is 4. The first-order valence-corrected chi connectivity index (χ1v) is 9.84. The zero-order chi connectivity index (χ0) is 19.5. The van der Waals surface area contributed by atoms with Crippen molar-refractivity contribution >= 4 is 22.9 Å². The molecule has 0 aliphatic carbocycles. The number of carbonyl (C=O) groups excluding carboxylic acids is 1. The molecule has 2 heterocycles. The van der Waals surface area contributed by atoms with Gasteiger partial charge in [-0.2, -0.15) is 0 Å². The van der Waals surface area contributed by atoms with Crippen molar-refractivity contribution in [1.82, 2.24) is 19.7 Å². The van der Waals surface area contributed by atoms with Crippen molar-refractivity contribution in [3.8, 4) is 22.0 Å². The normalized spacial score (nSPS) is 10.8. The van der Waals surface area contributed by atoms with Crippen molar-refractivity contribution < 1.29 is 4.79 Å². The third-order valence-electron chi connectivity index (χ3n) is 4.35. The van der Waals surface area contributed by atoms with Crippen LogP contribution >= 0.6 is 11.3 Å². The first-order chi connectivity index (χ1) is 13.6. The number of nitrogens with zero attached hydrogens (tertiary/aromatic N) is 4. The second-order valence-corrected chi connectivity index (χ2v) is 7.20. The van der Waals surface area contributed by atoms with Gasteiger partial charge in [0.25, 0.3) is 5.91 Å². The molecule has 4 aromatic rings. The Morgan fingerprint density at radius 1 is 1.14 bits per heavy atom. The smallest absolute Gasteiger partial charge is 0.255 e. The monoisotopic (exact) mass is 389 g/mol. The maximum atomic E-state index is 12.6. The number of anilines is 1. The van der Waals surface area contributed by atoms with Crippen molar-refractivity contribution in [2.45, 2.75) is 20.4 Å². The van der Waals surface area contributed by atoms with E-state index >= 15 is 0 Å². The van der Waals surface area contributed by atoms with Crippen LogP contribution in [0.1, 0.15) is 23.0 Å². The Kier molecular flexibility index (Phi) is 4.99. The van der Waals surface area contributed by atoms with Crippen LogP contribution in [0, 0.1) is 6.92 Å². The summed E-state index contributed by atoms with van der Waals surface area (Å²) in [5, 5.41) is 14.1. The molecule has 2 aromatic heterocycles. The Labute approximate surface area is 166 Å². The van der Waals surface area contributed by atoms with Crippen LogP contribution in [-0.2, 0) is 6.54 Å². The highest BCUT2D eigenvalue weighted by Gasteiger charge is 2.10. The first-order valence-electron chi connectivity index (χ1n) is 8.96. The number of amides is 1. The molecule has 0 fully saturated rings. The molecule has 0 spiro atoms. The quantitative estimate of drug-likeness (QED) is 0.539. The number of benzene rings is 2. The minimum atomic E-state index is -0.157. The minimum Gasteiger partial charge on any atom is -0.322 e. The second-order valence-electron chi connectivity index (χ2n) is 6.35. The number of hydrogen-bond acceptors (Lipinski definition) is 5. The van der Waals surface area contributed by atoms with Gasteiger partial charge in [0.15, 0.2) is 5.82 Å². The Balaban J connectivity index is 1.51. The second kappa shape index (κ2) is 7.74. The molecule has 0 atom stereocenters. The number of carbonyl (C=O) groups is 1. The Hall–Kier alpha value is -3.32.